The summed E-state index contributed by atoms with van der Waals surface area (Å²) in [6.07, 6.45) is 2.64. The summed E-state index contributed by atoms with van der Waals surface area (Å²) in [6, 6.07) is 0. The van der Waals surface area contributed by atoms with Gasteiger partial charge in [-0.25, -0.2) is 14.8 Å². The largest absolute Gasteiger partial charge is 0.477 e. The molecule has 6 nitrogen and oxygen atoms in total. The van der Waals surface area contributed by atoms with Gasteiger partial charge in [-0.3, -0.25) is 0 Å². The third kappa shape index (κ3) is 2.59. The van der Waals surface area contributed by atoms with Gasteiger partial charge in [0.15, 0.2) is 5.69 Å². The smallest absolute Gasteiger partial charge is 0.354 e. The maximum absolute atomic E-state index is 11.0. The number of hydrogen-bond acceptors (Lipinski definition) is 5. The molecule has 92 valence electrons. The highest BCUT2D eigenvalue weighted by Gasteiger charge is 2.20. The maximum atomic E-state index is 11.0. The van der Waals surface area contributed by atoms with Gasteiger partial charge in [0.25, 0.3) is 0 Å². The van der Waals surface area contributed by atoms with Gasteiger partial charge < -0.3 is 15.1 Å². The zero-order valence-corrected chi connectivity index (χ0v) is 9.46. The molecule has 0 fully saturated rings. The molecule has 0 bridgehead atoms. The van der Waals surface area contributed by atoms with E-state index in [0.29, 0.717) is 19.4 Å². The van der Waals surface area contributed by atoms with Crippen molar-refractivity contribution >= 4 is 5.97 Å². The van der Waals surface area contributed by atoms with Crippen LogP contribution in [0.25, 0.3) is 0 Å². The predicted octanol–water partition coefficient (Wildman–Crippen LogP) is -0.432. The molecule has 0 spiro atoms. The molecular weight excluding hydrogens is 222 g/mol. The molecule has 0 aromatic carbocycles. The van der Waals surface area contributed by atoms with Crippen LogP contribution in [0.5, 0.6) is 0 Å². The topological polar surface area (TPSA) is 86.5 Å². The second-order valence-corrected chi connectivity index (χ2v) is 4.02. The van der Waals surface area contributed by atoms with Crippen LogP contribution in [-0.4, -0.2) is 57.3 Å². The minimum Gasteiger partial charge on any atom is -0.477 e. The molecule has 2 heterocycles. The van der Waals surface area contributed by atoms with E-state index in [9.17, 15) is 4.79 Å². The van der Waals surface area contributed by atoms with Crippen molar-refractivity contribution in [2.24, 2.45) is 0 Å². The molecule has 0 saturated heterocycles. The lowest BCUT2D eigenvalue weighted by molar-refractivity contribution is 0.0688. The molecule has 0 saturated carbocycles. The monoisotopic (exact) mass is 237 g/mol. The van der Waals surface area contributed by atoms with E-state index >= 15 is 0 Å². The number of carbonyl (C=O) groups is 1. The summed E-state index contributed by atoms with van der Waals surface area (Å²) >= 11 is 0. The quantitative estimate of drug-likeness (QED) is 0.741. The SMILES string of the molecule is O=C(O)c1ncnc2c1CCN(CCO)CC2. The molecule has 0 aliphatic carbocycles. The Kier molecular flexibility index (Phi) is 3.65. The van der Waals surface area contributed by atoms with Crippen LogP contribution in [0.4, 0.5) is 0 Å². The van der Waals surface area contributed by atoms with Gasteiger partial charge in [0.2, 0.25) is 0 Å². The summed E-state index contributed by atoms with van der Waals surface area (Å²) in [4.78, 5) is 21.1. The number of β-amino-alcohol motifs (C(OH)–C–C–N with tert-alkyl or cyclic N) is 1. The number of hydrogen-bond donors (Lipinski definition) is 2. The van der Waals surface area contributed by atoms with E-state index in [4.69, 9.17) is 10.2 Å². The van der Waals surface area contributed by atoms with E-state index in [1.165, 1.54) is 6.33 Å². The molecule has 1 aliphatic rings. The second kappa shape index (κ2) is 5.20. The average Bonchev–Trinajstić information content (AvgIpc) is 2.52. The normalized spacial score (nSPS) is 16.3. The lowest BCUT2D eigenvalue weighted by Gasteiger charge is -2.17. The maximum Gasteiger partial charge on any atom is 0.354 e. The van der Waals surface area contributed by atoms with Crippen molar-refractivity contribution in [2.75, 3.05) is 26.2 Å². The summed E-state index contributed by atoms with van der Waals surface area (Å²) in [6.45, 7) is 2.27. The number of aromatic carboxylic acids is 1. The van der Waals surface area contributed by atoms with Gasteiger partial charge in [0, 0.05) is 37.3 Å². The standard InChI is InChI=1S/C11H15N3O3/c15-6-5-14-3-1-8-9(2-4-14)12-7-13-10(8)11(16)17/h7,15H,1-6H2,(H,16,17). The third-order valence-corrected chi connectivity index (χ3v) is 3.00. The summed E-state index contributed by atoms with van der Waals surface area (Å²) in [5, 5.41) is 18.0. The Morgan fingerprint density at radius 2 is 2.12 bits per heavy atom. The first-order valence-corrected chi connectivity index (χ1v) is 5.61. The van der Waals surface area contributed by atoms with Gasteiger partial charge in [0.1, 0.15) is 6.33 Å². The van der Waals surface area contributed by atoms with Gasteiger partial charge in [-0.1, -0.05) is 0 Å². The van der Waals surface area contributed by atoms with Crippen molar-refractivity contribution in [2.45, 2.75) is 12.8 Å². The van der Waals surface area contributed by atoms with Crippen molar-refractivity contribution in [1.82, 2.24) is 14.9 Å². The number of rotatable bonds is 3. The van der Waals surface area contributed by atoms with Gasteiger partial charge in [0.05, 0.1) is 6.61 Å². The number of fused-ring (bicyclic) bond motifs is 1. The second-order valence-electron chi connectivity index (χ2n) is 4.02. The van der Waals surface area contributed by atoms with Crippen molar-refractivity contribution in [1.29, 1.82) is 0 Å². The predicted molar refractivity (Wildman–Crippen MR) is 59.9 cm³/mol. The molecule has 0 amide bonds. The first-order chi connectivity index (χ1) is 8.22. The highest BCUT2D eigenvalue weighted by atomic mass is 16.4. The van der Waals surface area contributed by atoms with Crippen LogP contribution in [0.3, 0.4) is 0 Å². The Morgan fingerprint density at radius 3 is 2.82 bits per heavy atom. The molecule has 1 aliphatic heterocycles. The Morgan fingerprint density at radius 1 is 1.35 bits per heavy atom. The molecule has 17 heavy (non-hydrogen) atoms. The van der Waals surface area contributed by atoms with Crippen LogP contribution in [0.2, 0.25) is 0 Å². The van der Waals surface area contributed by atoms with Crippen LogP contribution in [0.1, 0.15) is 21.7 Å². The van der Waals surface area contributed by atoms with Gasteiger partial charge in [-0.2, -0.15) is 0 Å². The van der Waals surface area contributed by atoms with E-state index in [1.807, 2.05) is 0 Å². The fourth-order valence-corrected chi connectivity index (χ4v) is 2.12. The molecule has 2 rings (SSSR count). The average molecular weight is 237 g/mol. The number of aromatic nitrogens is 2. The Hall–Kier alpha value is -1.53. The molecule has 6 heteroatoms. The number of aliphatic hydroxyl groups is 1. The Bertz CT molecular complexity index is 422. The summed E-state index contributed by atoms with van der Waals surface area (Å²) in [7, 11) is 0. The highest BCUT2D eigenvalue weighted by Crippen LogP contribution is 2.16. The van der Waals surface area contributed by atoms with Crippen LogP contribution < -0.4 is 0 Å². The molecular formula is C11H15N3O3. The number of aliphatic hydroxyl groups excluding tert-OH is 1. The van der Waals surface area contributed by atoms with Crippen LogP contribution in [0, 0.1) is 0 Å². The minimum atomic E-state index is -1.00. The summed E-state index contributed by atoms with van der Waals surface area (Å²) < 4.78 is 0. The van der Waals surface area contributed by atoms with Crippen LogP contribution >= 0.6 is 0 Å². The molecule has 2 N–H and O–H groups in total. The van der Waals surface area contributed by atoms with Crippen LogP contribution in [0.15, 0.2) is 6.33 Å². The zero-order valence-electron chi connectivity index (χ0n) is 9.46. The van der Waals surface area contributed by atoms with Crippen molar-refractivity contribution in [3.05, 3.63) is 23.3 Å². The van der Waals surface area contributed by atoms with Crippen molar-refractivity contribution < 1.29 is 15.0 Å². The summed E-state index contributed by atoms with van der Waals surface area (Å²) in [5.74, 6) is -1.00. The first-order valence-electron chi connectivity index (χ1n) is 5.61. The Labute approximate surface area is 98.9 Å². The molecule has 1 aromatic rings. The van der Waals surface area contributed by atoms with E-state index in [-0.39, 0.29) is 12.3 Å². The molecule has 1 aromatic heterocycles. The fourth-order valence-electron chi connectivity index (χ4n) is 2.12. The van der Waals surface area contributed by atoms with E-state index in [0.717, 1.165) is 24.3 Å². The van der Waals surface area contributed by atoms with Crippen molar-refractivity contribution in [3.63, 3.8) is 0 Å². The highest BCUT2D eigenvalue weighted by molar-refractivity contribution is 5.87. The molecule has 0 radical (unpaired) electrons. The lowest BCUT2D eigenvalue weighted by Crippen LogP contribution is -2.29. The van der Waals surface area contributed by atoms with Crippen molar-refractivity contribution in [3.8, 4) is 0 Å². The van der Waals surface area contributed by atoms with E-state index in [1.54, 1.807) is 0 Å². The lowest BCUT2D eigenvalue weighted by atomic mass is 10.1. The van der Waals surface area contributed by atoms with Gasteiger partial charge in [-0.05, 0) is 6.42 Å². The number of carboxylic acids is 1. The van der Waals surface area contributed by atoms with Gasteiger partial charge in [-0.15, -0.1) is 0 Å². The summed E-state index contributed by atoms with van der Waals surface area (Å²) in [5.41, 5.74) is 1.67. The Balaban J connectivity index is 2.24. The number of nitrogens with zero attached hydrogens (tertiary/aromatic N) is 3. The first kappa shape index (κ1) is 11.9. The fraction of sp³-hybridized carbons (Fsp3) is 0.545. The third-order valence-electron chi connectivity index (χ3n) is 3.00. The number of carboxylic acid groups (broad SMARTS) is 1. The zero-order chi connectivity index (χ0) is 12.3. The molecule has 0 atom stereocenters. The molecule has 0 unspecified atom stereocenters. The minimum absolute atomic E-state index is 0.112. The van der Waals surface area contributed by atoms with E-state index in [2.05, 4.69) is 14.9 Å². The van der Waals surface area contributed by atoms with Crippen LogP contribution in [-0.2, 0) is 12.8 Å². The van der Waals surface area contributed by atoms with E-state index < -0.39 is 5.97 Å². The van der Waals surface area contributed by atoms with Gasteiger partial charge >= 0.3 is 5.97 Å².